The molecule has 1 aromatic heterocycles. The van der Waals surface area contributed by atoms with E-state index >= 15 is 0 Å². The van der Waals surface area contributed by atoms with Crippen LogP contribution in [0.2, 0.25) is 0 Å². The van der Waals surface area contributed by atoms with Crippen molar-refractivity contribution < 1.29 is 0 Å². The van der Waals surface area contributed by atoms with Crippen LogP contribution in [0.1, 0.15) is 0 Å². The van der Waals surface area contributed by atoms with Crippen LogP contribution < -0.4 is 0 Å². The summed E-state index contributed by atoms with van der Waals surface area (Å²) in [7, 11) is 0. The maximum atomic E-state index is 2.40. The SMILES string of the molecule is c1ccc2cc3c(cc2c1)sc1cc2cc(-c4ccc(-c5c6ccccc6c(-c6cccc7ccccc67)c6ccccc56)c5ccccc45)ccc2cc13. The lowest BCUT2D eigenvalue weighted by Gasteiger charge is -2.20. The van der Waals surface area contributed by atoms with Crippen LogP contribution in [0.5, 0.6) is 0 Å². The van der Waals surface area contributed by atoms with E-state index in [2.05, 4.69) is 194 Å². The number of fused-ring (bicyclic) bond motifs is 9. The molecule has 254 valence electrons. The summed E-state index contributed by atoms with van der Waals surface area (Å²) in [6, 6.07) is 72.3. The lowest BCUT2D eigenvalue weighted by Crippen LogP contribution is -1.93. The van der Waals surface area contributed by atoms with E-state index in [1.165, 1.54) is 118 Å². The highest BCUT2D eigenvalue weighted by Gasteiger charge is 2.20. The average molecular weight is 713 g/mol. The molecule has 0 spiro atoms. The molecule has 0 nitrogen and oxygen atoms in total. The van der Waals surface area contributed by atoms with Crippen molar-refractivity contribution in [2.75, 3.05) is 0 Å². The van der Waals surface area contributed by atoms with Gasteiger partial charge in [0, 0.05) is 20.2 Å². The Morgan fingerprint density at radius 1 is 0.236 bits per heavy atom. The van der Waals surface area contributed by atoms with E-state index in [0.29, 0.717) is 0 Å². The predicted molar refractivity (Wildman–Crippen MR) is 241 cm³/mol. The monoisotopic (exact) mass is 712 g/mol. The van der Waals surface area contributed by atoms with E-state index in [1.54, 1.807) is 0 Å². The maximum Gasteiger partial charge on any atom is 0.0361 e. The van der Waals surface area contributed by atoms with Crippen LogP contribution >= 0.6 is 11.3 Å². The second-order valence-electron chi connectivity index (χ2n) is 14.8. The summed E-state index contributed by atoms with van der Waals surface area (Å²) in [5.74, 6) is 0. The molecule has 55 heavy (non-hydrogen) atoms. The van der Waals surface area contributed by atoms with Gasteiger partial charge in [-0.05, 0) is 128 Å². The molecule has 0 bridgehead atoms. The maximum absolute atomic E-state index is 2.40. The Hall–Kier alpha value is -6.80. The predicted octanol–water partition coefficient (Wildman–Crippen LogP) is 16.0. The Balaban J connectivity index is 1.07. The topological polar surface area (TPSA) is 0 Å². The van der Waals surface area contributed by atoms with Crippen LogP contribution in [0.25, 0.3) is 118 Å². The first-order valence-electron chi connectivity index (χ1n) is 19.0. The second-order valence-corrected chi connectivity index (χ2v) is 15.9. The Morgan fingerprint density at radius 3 is 1.31 bits per heavy atom. The molecule has 12 rings (SSSR count). The van der Waals surface area contributed by atoms with Gasteiger partial charge in [0.15, 0.2) is 0 Å². The molecular formula is C54H32S. The van der Waals surface area contributed by atoms with E-state index in [9.17, 15) is 0 Å². The largest absolute Gasteiger partial charge is 0.135 e. The highest BCUT2D eigenvalue weighted by Crippen LogP contribution is 2.48. The summed E-state index contributed by atoms with van der Waals surface area (Å²) in [4.78, 5) is 0. The molecule has 1 heterocycles. The summed E-state index contributed by atoms with van der Waals surface area (Å²) in [6.07, 6.45) is 0. The molecule has 0 unspecified atom stereocenters. The Morgan fingerprint density at radius 2 is 0.673 bits per heavy atom. The summed E-state index contributed by atoms with van der Waals surface area (Å²) in [6.45, 7) is 0. The molecule has 0 atom stereocenters. The summed E-state index contributed by atoms with van der Waals surface area (Å²) in [5, 5.41) is 18.0. The molecule has 0 radical (unpaired) electrons. The lowest BCUT2D eigenvalue weighted by molar-refractivity contribution is 1.67. The second kappa shape index (κ2) is 11.9. The minimum atomic E-state index is 1.24. The zero-order valence-electron chi connectivity index (χ0n) is 29.9. The highest BCUT2D eigenvalue weighted by atomic mass is 32.1. The first-order chi connectivity index (χ1) is 27.3. The molecular weight excluding hydrogens is 681 g/mol. The van der Waals surface area contributed by atoms with Gasteiger partial charge in [-0.2, -0.15) is 0 Å². The van der Waals surface area contributed by atoms with Gasteiger partial charge in [0.25, 0.3) is 0 Å². The third-order valence-electron chi connectivity index (χ3n) is 11.8. The van der Waals surface area contributed by atoms with Crippen molar-refractivity contribution in [3.8, 4) is 33.4 Å². The standard InChI is InChI=1S/C54H32S/c1-2-14-35-31-51-49(29-34(35)13-1)50-30-36-24-25-37(28-38(36)32-52(50)55-51)40-26-27-48(42-18-6-5-17-41(40)42)54-46-21-9-7-19-44(46)53(45-20-8-10-22-47(45)54)43-23-11-15-33-12-3-4-16-39(33)43/h1-32H. The van der Waals surface area contributed by atoms with Gasteiger partial charge < -0.3 is 0 Å². The zero-order valence-corrected chi connectivity index (χ0v) is 30.7. The minimum absolute atomic E-state index is 1.24. The Kier molecular flexibility index (Phi) is 6.60. The number of hydrogen-bond donors (Lipinski definition) is 0. The van der Waals surface area contributed by atoms with Crippen LogP contribution in [0.4, 0.5) is 0 Å². The zero-order chi connectivity index (χ0) is 36.0. The van der Waals surface area contributed by atoms with Crippen molar-refractivity contribution in [1.29, 1.82) is 0 Å². The molecule has 1 heteroatoms. The Bertz CT molecular complexity index is 3490. The van der Waals surface area contributed by atoms with Crippen LogP contribution in [0, 0.1) is 0 Å². The van der Waals surface area contributed by atoms with Gasteiger partial charge >= 0.3 is 0 Å². The molecule has 11 aromatic carbocycles. The van der Waals surface area contributed by atoms with Crippen molar-refractivity contribution in [3.63, 3.8) is 0 Å². The van der Waals surface area contributed by atoms with E-state index in [4.69, 9.17) is 0 Å². The van der Waals surface area contributed by atoms with Gasteiger partial charge in [0.1, 0.15) is 0 Å². The van der Waals surface area contributed by atoms with Gasteiger partial charge in [-0.3, -0.25) is 0 Å². The molecule has 0 aliphatic heterocycles. The fraction of sp³-hybridized carbons (Fsp3) is 0. The van der Waals surface area contributed by atoms with Crippen molar-refractivity contribution in [2.24, 2.45) is 0 Å². The number of thiophene rings is 1. The van der Waals surface area contributed by atoms with E-state index in [-0.39, 0.29) is 0 Å². The third kappa shape index (κ3) is 4.64. The minimum Gasteiger partial charge on any atom is -0.135 e. The molecule has 0 aliphatic rings. The van der Waals surface area contributed by atoms with E-state index < -0.39 is 0 Å². The average Bonchev–Trinajstić information content (AvgIpc) is 3.59. The quantitative estimate of drug-likeness (QED) is 0.160. The smallest absolute Gasteiger partial charge is 0.0361 e. The first kappa shape index (κ1) is 30.6. The van der Waals surface area contributed by atoms with Crippen LogP contribution in [-0.2, 0) is 0 Å². The summed E-state index contributed by atoms with van der Waals surface area (Å²) >= 11 is 1.90. The first-order valence-corrected chi connectivity index (χ1v) is 19.8. The highest BCUT2D eigenvalue weighted by molar-refractivity contribution is 7.26. The van der Waals surface area contributed by atoms with Crippen molar-refractivity contribution in [3.05, 3.63) is 194 Å². The molecule has 0 amide bonds. The molecule has 0 saturated carbocycles. The van der Waals surface area contributed by atoms with Crippen LogP contribution in [0.3, 0.4) is 0 Å². The summed E-state index contributed by atoms with van der Waals surface area (Å²) in [5.41, 5.74) is 7.61. The van der Waals surface area contributed by atoms with Gasteiger partial charge in [-0.25, -0.2) is 0 Å². The fourth-order valence-electron chi connectivity index (χ4n) is 9.29. The van der Waals surface area contributed by atoms with Crippen LogP contribution in [0.15, 0.2) is 194 Å². The van der Waals surface area contributed by atoms with Crippen molar-refractivity contribution in [1.82, 2.24) is 0 Å². The molecule has 12 aromatic rings. The molecule has 0 N–H and O–H groups in total. The lowest BCUT2D eigenvalue weighted by atomic mass is 9.83. The number of hydrogen-bond acceptors (Lipinski definition) is 1. The molecule has 0 fully saturated rings. The van der Waals surface area contributed by atoms with Gasteiger partial charge in [-0.15, -0.1) is 11.3 Å². The van der Waals surface area contributed by atoms with Crippen LogP contribution in [-0.4, -0.2) is 0 Å². The Labute approximate surface area is 322 Å². The van der Waals surface area contributed by atoms with E-state index in [0.717, 1.165) is 0 Å². The van der Waals surface area contributed by atoms with Crippen molar-refractivity contribution in [2.45, 2.75) is 0 Å². The van der Waals surface area contributed by atoms with Gasteiger partial charge in [-0.1, -0.05) is 164 Å². The van der Waals surface area contributed by atoms with Gasteiger partial charge in [0.2, 0.25) is 0 Å². The normalized spacial score (nSPS) is 12.0. The van der Waals surface area contributed by atoms with E-state index in [1.807, 2.05) is 11.3 Å². The number of benzene rings is 11. The third-order valence-corrected chi connectivity index (χ3v) is 12.9. The number of rotatable bonds is 3. The molecule has 0 saturated heterocycles. The fourth-order valence-corrected chi connectivity index (χ4v) is 10.5. The van der Waals surface area contributed by atoms with Crippen molar-refractivity contribution >= 4 is 96.1 Å². The molecule has 0 aliphatic carbocycles. The summed E-state index contributed by atoms with van der Waals surface area (Å²) < 4.78 is 2.68. The van der Waals surface area contributed by atoms with Gasteiger partial charge in [0.05, 0.1) is 0 Å².